The van der Waals surface area contributed by atoms with Crippen molar-refractivity contribution in [2.45, 2.75) is 20.3 Å². The predicted octanol–water partition coefficient (Wildman–Crippen LogP) is 4.63. The van der Waals surface area contributed by atoms with Crippen LogP contribution in [0.1, 0.15) is 27.4 Å². The lowest BCUT2D eigenvalue weighted by molar-refractivity contribution is 0.0991. The summed E-state index contributed by atoms with van der Waals surface area (Å²) in [6.45, 7) is 3.59. The summed E-state index contributed by atoms with van der Waals surface area (Å²) in [5, 5.41) is 1.12. The molecule has 2 rings (SSSR count). The minimum absolute atomic E-state index is 0.0199. The number of carbonyl (C=O) groups excluding carboxylic acids is 1. The standard InChI is InChI=1S/C14H12Cl2O2/c1-8-5-12(9(2)18-8)14(17)7-10-6-11(15)3-4-13(10)16/h3-6H,7H2,1-2H3. The molecule has 1 aromatic carbocycles. The molecule has 2 nitrogen and oxygen atoms in total. The van der Waals surface area contributed by atoms with Crippen LogP contribution in [0.15, 0.2) is 28.7 Å². The fourth-order valence-corrected chi connectivity index (χ4v) is 2.23. The largest absolute Gasteiger partial charge is 0.466 e. The molecule has 0 aliphatic rings. The third-order valence-electron chi connectivity index (χ3n) is 2.70. The van der Waals surface area contributed by atoms with E-state index in [2.05, 4.69) is 0 Å². The molecule has 0 atom stereocenters. The first-order valence-electron chi connectivity index (χ1n) is 5.51. The Labute approximate surface area is 116 Å². The highest BCUT2D eigenvalue weighted by molar-refractivity contribution is 6.33. The maximum absolute atomic E-state index is 12.2. The Bertz CT molecular complexity index is 600. The van der Waals surface area contributed by atoms with Crippen LogP contribution >= 0.6 is 23.2 Å². The lowest BCUT2D eigenvalue weighted by Gasteiger charge is -2.03. The Morgan fingerprint density at radius 2 is 1.94 bits per heavy atom. The second kappa shape index (κ2) is 5.17. The van der Waals surface area contributed by atoms with E-state index < -0.39 is 0 Å². The van der Waals surface area contributed by atoms with Gasteiger partial charge in [0.2, 0.25) is 0 Å². The molecule has 0 radical (unpaired) electrons. The zero-order chi connectivity index (χ0) is 13.3. The van der Waals surface area contributed by atoms with Crippen molar-refractivity contribution in [3.05, 3.63) is 57.0 Å². The van der Waals surface area contributed by atoms with Crippen LogP contribution in [0.4, 0.5) is 0 Å². The normalized spacial score (nSPS) is 10.7. The van der Waals surface area contributed by atoms with Gasteiger partial charge < -0.3 is 4.42 Å². The first kappa shape index (κ1) is 13.2. The van der Waals surface area contributed by atoms with E-state index in [0.29, 0.717) is 21.4 Å². The average molecular weight is 283 g/mol. The molecule has 0 bridgehead atoms. The van der Waals surface area contributed by atoms with Gasteiger partial charge in [0.25, 0.3) is 0 Å². The molecule has 0 aliphatic carbocycles. The summed E-state index contributed by atoms with van der Waals surface area (Å²) in [7, 11) is 0. The van der Waals surface area contributed by atoms with Crippen LogP contribution in [0.5, 0.6) is 0 Å². The first-order valence-corrected chi connectivity index (χ1v) is 6.27. The lowest BCUT2D eigenvalue weighted by Crippen LogP contribution is -2.04. The van der Waals surface area contributed by atoms with Crippen LogP contribution in [-0.2, 0) is 6.42 Å². The SMILES string of the molecule is Cc1cc(C(=O)Cc2cc(Cl)ccc2Cl)c(C)o1. The van der Waals surface area contributed by atoms with E-state index >= 15 is 0 Å². The van der Waals surface area contributed by atoms with Gasteiger partial charge in [-0.3, -0.25) is 4.79 Å². The van der Waals surface area contributed by atoms with Gasteiger partial charge in [-0.1, -0.05) is 23.2 Å². The molecule has 0 N–H and O–H groups in total. The van der Waals surface area contributed by atoms with E-state index in [0.717, 1.165) is 11.3 Å². The summed E-state index contributed by atoms with van der Waals surface area (Å²) >= 11 is 11.9. The number of carbonyl (C=O) groups is 1. The summed E-state index contributed by atoms with van der Waals surface area (Å²) in [5.41, 5.74) is 1.33. The molecule has 0 unspecified atom stereocenters. The molecule has 4 heteroatoms. The van der Waals surface area contributed by atoms with Crippen LogP contribution in [0.2, 0.25) is 10.0 Å². The molecule has 18 heavy (non-hydrogen) atoms. The van der Waals surface area contributed by atoms with E-state index in [4.69, 9.17) is 27.6 Å². The predicted molar refractivity (Wildman–Crippen MR) is 72.7 cm³/mol. The van der Waals surface area contributed by atoms with E-state index in [1.54, 1.807) is 31.2 Å². The summed E-state index contributed by atoms with van der Waals surface area (Å²) in [5.74, 6) is 1.34. The molecule has 0 fully saturated rings. The molecular formula is C14H12Cl2O2. The van der Waals surface area contributed by atoms with Gasteiger partial charge in [0.1, 0.15) is 11.5 Å². The number of ketones is 1. The van der Waals surface area contributed by atoms with Crippen LogP contribution in [0, 0.1) is 13.8 Å². The van der Waals surface area contributed by atoms with E-state index in [1.165, 1.54) is 0 Å². The highest BCUT2D eigenvalue weighted by Crippen LogP contribution is 2.23. The molecule has 0 aliphatic heterocycles. The minimum atomic E-state index is -0.0199. The molecule has 2 aromatic rings. The number of hydrogen-bond acceptors (Lipinski definition) is 2. The summed E-state index contributed by atoms with van der Waals surface area (Å²) in [4.78, 5) is 12.2. The van der Waals surface area contributed by atoms with E-state index in [-0.39, 0.29) is 12.2 Å². The van der Waals surface area contributed by atoms with E-state index in [1.807, 2.05) is 6.92 Å². The molecule has 0 amide bonds. The lowest BCUT2D eigenvalue weighted by atomic mass is 10.0. The van der Waals surface area contributed by atoms with Crippen molar-refractivity contribution in [3.8, 4) is 0 Å². The Kier molecular flexibility index (Phi) is 3.79. The van der Waals surface area contributed by atoms with Crippen LogP contribution in [0.3, 0.4) is 0 Å². The van der Waals surface area contributed by atoms with Crippen molar-refractivity contribution >= 4 is 29.0 Å². The Morgan fingerprint density at radius 1 is 1.22 bits per heavy atom. The Morgan fingerprint density at radius 3 is 2.56 bits per heavy atom. The van der Waals surface area contributed by atoms with Gasteiger partial charge in [0, 0.05) is 16.5 Å². The number of hydrogen-bond donors (Lipinski definition) is 0. The van der Waals surface area contributed by atoms with Gasteiger partial charge >= 0.3 is 0 Å². The highest BCUT2D eigenvalue weighted by atomic mass is 35.5. The van der Waals surface area contributed by atoms with Gasteiger partial charge in [0.05, 0.1) is 5.56 Å². The molecule has 0 saturated carbocycles. The molecule has 0 saturated heterocycles. The van der Waals surface area contributed by atoms with Crippen molar-refractivity contribution < 1.29 is 9.21 Å². The molecule has 94 valence electrons. The fraction of sp³-hybridized carbons (Fsp3) is 0.214. The minimum Gasteiger partial charge on any atom is -0.466 e. The number of halogens is 2. The number of rotatable bonds is 3. The third kappa shape index (κ3) is 2.77. The van der Waals surface area contributed by atoms with Gasteiger partial charge in [-0.2, -0.15) is 0 Å². The zero-order valence-electron chi connectivity index (χ0n) is 10.1. The molecular weight excluding hydrogens is 271 g/mol. The Hall–Kier alpha value is -1.25. The molecule has 1 heterocycles. The van der Waals surface area contributed by atoms with E-state index in [9.17, 15) is 4.79 Å². The number of benzene rings is 1. The van der Waals surface area contributed by atoms with Crippen molar-refractivity contribution in [1.29, 1.82) is 0 Å². The van der Waals surface area contributed by atoms with Crippen molar-refractivity contribution in [1.82, 2.24) is 0 Å². The van der Waals surface area contributed by atoms with Crippen LogP contribution in [-0.4, -0.2) is 5.78 Å². The maximum Gasteiger partial charge on any atom is 0.170 e. The van der Waals surface area contributed by atoms with Gasteiger partial charge in [-0.25, -0.2) is 0 Å². The van der Waals surface area contributed by atoms with Crippen molar-refractivity contribution in [3.63, 3.8) is 0 Å². The average Bonchev–Trinajstić information content (AvgIpc) is 2.63. The second-order valence-corrected chi connectivity index (χ2v) is 5.01. The zero-order valence-corrected chi connectivity index (χ0v) is 11.6. The van der Waals surface area contributed by atoms with Crippen LogP contribution < -0.4 is 0 Å². The summed E-state index contributed by atoms with van der Waals surface area (Å²) in [6, 6.07) is 6.85. The van der Waals surface area contributed by atoms with Crippen molar-refractivity contribution in [2.24, 2.45) is 0 Å². The fourth-order valence-electron chi connectivity index (χ4n) is 1.85. The smallest absolute Gasteiger partial charge is 0.170 e. The summed E-state index contributed by atoms with van der Waals surface area (Å²) in [6.07, 6.45) is 0.221. The molecule has 0 spiro atoms. The quantitative estimate of drug-likeness (QED) is 0.769. The number of aryl methyl sites for hydroxylation is 2. The monoisotopic (exact) mass is 282 g/mol. The van der Waals surface area contributed by atoms with Gasteiger partial charge in [-0.15, -0.1) is 0 Å². The molecule has 1 aromatic heterocycles. The highest BCUT2D eigenvalue weighted by Gasteiger charge is 2.15. The van der Waals surface area contributed by atoms with Crippen molar-refractivity contribution in [2.75, 3.05) is 0 Å². The van der Waals surface area contributed by atoms with Gasteiger partial charge in [-0.05, 0) is 43.7 Å². The number of furan rings is 1. The maximum atomic E-state index is 12.2. The second-order valence-electron chi connectivity index (χ2n) is 4.16. The number of Topliss-reactive ketones (excluding diaryl/α,β-unsaturated/α-hetero) is 1. The Balaban J connectivity index is 2.26. The topological polar surface area (TPSA) is 30.2 Å². The van der Waals surface area contributed by atoms with Gasteiger partial charge in [0.15, 0.2) is 5.78 Å². The first-order chi connectivity index (χ1) is 8.47. The third-order valence-corrected chi connectivity index (χ3v) is 3.30. The summed E-state index contributed by atoms with van der Waals surface area (Å²) < 4.78 is 5.35. The van der Waals surface area contributed by atoms with Crippen LogP contribution in [0.25, 0.3) is 0 Å².